The lowest BCUT2D eigenvalue weighted by Crippen LogP contribution is -2.23. The Balaban J connectivity index is 3.63. The molecule has 14 heavy (non-hydrogen) atoms. The van der Waals surface area contributed by atoms with Crippen LogP contribution in [-0.4, -0.2) is 18.8 Å². The highest BCUT2D eigenvalue weighted by molar-refractivity contribution is 5.75. The van der Waals surface area contributed by atoms with Crippen LogP contribution < -0.4 is 11.5 Å². The number of hydrogen-bond donors (Lipinski definition) is 2. The van der Waals surface area contributed by atoms with E-state index >= 15 is 0 Å². The molecule has 0 amide bonds. The number of guanidine groups is 1. The van der Waals surface area contributed by atoms with Gasteiger partial charge in [-0.2, -0.15) is 0 Å². The van der Waals surface area contributed by atoms with Crippen LogP contribution in [0.4, 0.5) is 0 Å². The van der Waals surface area contributed by atoms with Gasteiger partial charge in [0, 0.05) is 12.5 Å². The molecule has 0 rings (SSSR count). The molecule has 0 saturated carbocycles. The van der Waals surface area contributed by atoms with Gasteiger partial charge >= 0.3 is 0 Å². The highest BCUT2D eigenvalue weighted by Gasteiger charge is 2.08. The van der Waals surface area contributed by atoms with Gasteiger partial charge in [0.2, 0.25) is 0 Å². The summed E-state index contributed by atoms with van der Waals surface area (Å²) in [5.41, 5.74) is 10.4. The highest BCUT2D eigenvalue weighted by Crippen LogP contribution is 2.14. The normalized spacial score (nSPS) is 12.5. The summed E-state index contributed by atoms with van der Waals surface area (Å²) in [6.07, 6.45) is 3.73. The second kappa shape index (κ2) is 7.35. The van der Waals surface area contributed by atoms with Crippen LogP contribution in [0.2, 0.25) is 0 Å². The smallest absolute Gasteiger partial charge is 0.185 e. The molecule has 1 atom stereocenters. The fourth-order valence-corrected chi connectivity index (χ4v) is 1.41. The van der Waals surface area contributed by atoms with Crippen LogP contribution in [0, 0.1) is 11.8 Å². The van der Waals surface area contributed by atoms with E-state index in [4.69, 9.17) is 11.5 Å². The summed E-state index contributed by atoms with van der Waals surface area (Å²) < 4.78 is 0. The van der Waals surface area contributed by atoms with Gasteiger partial charge in [0.15, 0.2) is 5.96 Å². The number of rotatable bonds is 7. The lowest BCUT2D eigenvalue weighted by molar-refractivity contribution is -0.111. The standard InChI is InChI=1S/C10H21N3O/c1-8(2)6-9(7-14)4-3-5-13-10(11)12/h7-9H,3-6H2,1-2H3,(H4,11,12,13). The van der Waals surface area contributed by atoms with Crippen LogP contribution in [0.3, 0.4) is 0 Å². The first kappa shape index (κ1) is 12.9. The van der Waals surface area contributed by atoms with Gasteiger partial charge in [0.25, 0.3) is 0 Å². The Morgan fingerprint density at radius 1 is 1.43 bits per heavy atom. The molecule has 4 N–H and O–H groups in total. The first-order valence-corrected chi connectivity index (χ1v) is 5.07. The van der Waals surface area contributed by atoms with Crippen molar-refractivity contribution < 1.29 is 4.79 Å². The Kier molecular flexibility index (Phi) is 6.80. The molecular formula is C10H21N3O. The largest absolute Gasteiger partial charge is 0.370 e. The zero-order valence-electron chi connectivity index (χ0n) is 9.07. The predicted octanol–water partition coefficient (Wildman–Crippen LogP) is 0.901. The zero-order chi connectivity index (χ0) is 11.0. The van der Waals surface area contributed by atoms with Crippen LogP contribution >= 0.6 is 0 Å². The fourth-order valence-electron chi connectivity index (χ4n) is 1.41. The van der Waals surface area contributed by atoms with E-state index in [1.54, 1.807) is 0 Å². The Morgan fingerprint density at radius 3 is 2.50 bits per heavy atom. The predicted molar refractivity (Wildman–Crippen MR) is 58.9 cm³/mol. The van der Waals surface area contributed by atoms with E-state index in [2.05, 4.69) is 18.8 Å². The summed E-state index contributed by atoms with van der Waals surface area (Å²) >= 11 is 0. The number of aldehydes is 1. The van der Waals surface area contributed by atoms with Gasteiger partial charge in [-0.25, -0.2) is 0 Å². The van der Waals surface area contributed by atoms with Gasteiger partial charge in [0.05, 0.1) is 0 Å². The third-order valence-corrected chi connectivity index (χ3v) is 1.99. The van der Waals surface area contributed by atoms with Crippen molar-refractivity contribution in [3.63, 3.8) is 0 Å². The average Bonchev–Trinajstić information content (AvgIpc) is 2.09. The highest BCUT2D eigenvalue weighted by atomic mass is 16.1. The number of nitrogens with zero attached hydrogens (tertiary/aromatic N) is 1. The van der Waals surface area contributed by atoms with Gasteiger partial charge in [0.1, 0.15) is 6.29 Å². The molecule has 0 aliphatic carbocycles. The first-order chi connectivity index (χ1) is 6.56. The van der Waals surface area contributed by atoms with Crippen molar-refractivity contribution in [3.8, 4) is 0 Å². The quantitative estimate of drug-likeness (QED) is 0.276. The molecule has 1 unspecified atom stereocenters. The second-order valence-corrected chi connectivity index (χ2v) is 3.97. The van der Waals surface area contributed by atoms with E-state index in [0.717, 1.165) is 25.5 Å². The van der Waals surface area contributed by atoms with Crippen molar-refractivity contribution in [1.29, 1.82) is 0 Å². The van der Waals surface area contributed by atoms with E-state index in [1.165, 1.54) is 0 Å². The van der Waals surface area contributed by atoms with Gasteiger partial charge in [-0.15, -0.1) is 0 Å². The molecule has 0 aliphatic rings. The van der Waals surface area contributed by atoms with Crippen molar-refractivity contribution in [2.75, 3.05) is 6.54 Å². The van der Waals surface area contributed by atoms with Crippen LogP contribution in [-0.2, 0) is 4.79 Å². The van der Waals surface area contributed by atoms with Crippen molar-refractivity contribution in [1.82, 2.24) is 0 Å². The minimum atomic E-state index is 0.122. The summed E-state index contributed by atoms with van der Waals surface area (Å²) in [7, 11) is 0. The molecule has 0 bridgehead atoms. The van der Waals surface area contributed by atoms with Gasteiger partial charge in [-0.3, -0.25) is 4.99 Å². The molecule has 0 fully saturated rings. The van der Waals surface area contributed by atoms with Crippen molar-refractivity contribution in [2.45, 2.75) is 33.1 Å². The molecule has 0 spiro atoms. The van der Waals surface area contributed by atoms with Crippen molar-refractivity contribution in [3.05, 3.63) is 0 Å². The van der Waals surface area contributed by atoms with Gasteiger partial charge in [-0.1, -0.05) is 13.8 Å². The molecular weight excluding hydrogens is 178 g/mol. The Bertz CT molecular complexity index is 186. The molecule has 4 nitrogen and oxygen atoms in total. The molecule has 0 aromatic heterocycles. The van der Waals surface area contributed by atoms with Crippen molar-refractivity contribution >= 4 is 12.2 Å². The fraction of sp³-hybridized carbons (Fsp3) is 0.800. The number of carbonyl (C=O) groups is 1. The summed E-state index contributed by atoms with van der Waals surface area (Å²) in [6, 6.07) is 0. The number of aliphatic imine (C=N–C) groups is 1. The van der Waals surface area contributed by atoms with E-state index < -0.39 is 0 Å². The zero-order valence-corrected chi connectivity index (χ0v) is 9.07. The second-order valence-electron chi connectivity index (χ2n) is 3.97. The Morgan fingerprint density at radius 2 is 2.07 bits per heavy atom. The minimum absolute atomic E-state index is 0.122. The molecule has 82 valence electrons. The van der Waals surface area contributed by atoms with Crippen LogP contribution in [0.25, 0.3) is 0 Å². The number of carbonyl (C=O) groups excluding carboxylic acids is 1. The maximum absolute atomic E-state index is 10.7. The molecule has 0 aliphatic heterocycles. The van der Waals surface area contributed by atoms with Crippen molar-refractivity contribution in [2.24, 2.45) is 28.3 Å². The minimum Gasteiger partial charge on any atom is -0.370 e. The molecule has 0 heterocycles. The Hall–Kier alpha value is -1.06. The lowest BCUT2D eigenvalue weighted by Gasteiger charge is -2.11. The maximum Gasteiger partial charge on any atom is 0.185 e. The van der Waals surface area contributed by atoms with Crippen LogP contribution in [0.5, 0.6) is 0 Å². The molecule has 0 saturated heterocycles. The van der Waals surface area contributed by atoms with E-state index in [1.807, 2.05) is 0 Å². The SMILES string of the molecule is CC(C)CC(C=O)CCCN=C(N)N. The van der Waals surface area contributed by atoms with Crippen LogP contribution in [0.15, 0.2) is 4.99 Å². The third kappa shape index (κ3) is 7.58. The average molecular weight is 199 g/mol. The van der Waals surface area contributed by atoms with E-state index in [0.29, 0.717) is 12.5 Å². The number of nitrogens with two attached hydrogens (primary N) is 2. The third-order valence-electron chi connectivity index (χ3n) is 1.99. The number of hydrogen-bond acceptors (Lipinski definition) is 2. The summed E-state index contributed by atoms with van der Waals surface area (Å²) in [6.45, 7) is 4.85. The molecule has 4 heteroatoms. The summed E-state index contributed by atoms with van der Waals surface area (Å²) in [5.74, 6) is 0.842. The monoisotopic (exact) mass is 199 g/mol. The molecule has 0 aromatic carbocycles. The molecule has 0 radical (unpaired) electrons. The summed E-state index contributed by atoms with van der Waals surface area (Å²) in [5, 5.41) is 0. The van der Waals surface area contributed by atoms with E-state index in [9.17, 15) is 4.79 Å². The lowest BCUT2D eigenvalue weighted by atomic mass is 9.94. The van der Waals surface area contributed by atoms with Gasteiger partial charge < -0.3 is 16.3 Å². The van der Waals surface area contributed by atoms with E-state index in [-0.39, 0.29) is 11.9 Å². The first-order valence-electron chi connectivity index (χ1n) is 5.07. The summed E-state index contributed by atoms with van der Waals surface area (Å²) in [4.78, 5) is 14.5. The molecule has 0 aromatic rings. The van der Waals surface area contributed by atoms with Gasteiger partial charge in [-0.05, 0) is 25.2 Å². The maximum atomic E-state index is 10.7. The topological polar surface area (TPSA) is 81.5 Å². The Labute approximate surface area is 85.8 Å². The van der Waals surface area contributed by atoms with Crippen LogP contribution in [0.1, 0.15) is 33.1 Å².